The van der Waals surface area contributed by atoms with Gasteiger partial charge in [0.25, 0.3) is 0 Å². The van der Waals surface area contributed by atoms with E-state index in [0.29, 0.717) is 6.42 Å². The molecule has 0 unspecified atom stereocenters. The molecular weight excluding hydrogens is 135 g/mol. The Kier molecular flexibility index (Phi) is 2.96. The van der Waals surface area contributed by atoms with Gasteiger partial charge >= 0.3 is 0 Å². The molecule has 0 atom stereocenters. The lowest BCUT2D eigenvalue weighted by molar-refractivity contribution is 0.276. The van der Waals surface area contributed by atoms with Gasteiger partial charge in [0.1, 0.15) is 4.33 Å². The second-order valence-corrected chi connectivity index (χ2v) is 3.01. The highest BCUT2D eigenvalue weighted by Gasteiger charge is 2.18. The van der Waals surface area contributed by atoms with E-state index in [0.717, 1.165) is 0 Å². The maximum atomic E-state index is 8.33. The first-order valence-corrected chi connectivity index (χ1v) is 2.86. The highest BCUT2D eigenvalue weighted by molar-refractivity contribution is 6.48. The van der Waals surface area contributed by atoms with Gasteiger partial charge in [0.05, 0.1) is 6.61 Å². The monoisotopic (exact) mass is 142 g/mol. The number of hydrogen-bond donors (Lipinski definition) is 1. The van der Waals surface area contributed by atoms with Crippen LogP contribution in [-0.2, 0) is 0 Å². The summed E-state index contributed by atoms with van der Waals surface area (Å²) in [5, 5.41) is 8.33. The van der Waals surface area contributed by atoms with Crippen LogP contribution < -0.4 is 0 Å². The van der Waals surface area contributed by atoms with Crippen LogP contribution in [0.15, 0.2) is 0 Å². The molecule has 0 aromatic rings. The lowest BCUT2D eigenvalue weighted by Crippen LogP contribution is -2.15. The van der Waals surface area contributed by atoms with E-state index in [1.54, 1.807) is 0 Å². The normalized spacial score (nSPS) is 12.0. The van der Waals surface area contributed by atoms with Crippen molar-refractivity contribution >= 4 is 23.2 Å². The number of aliphatic hydroxyl groups excluding tert-OH is 1. The Morgan fingerprint density at radius 3 is 2.00 bits per heavy atom. The summed E-state index contributed by atoms with van der Waals surface area (Å²) in [5.74, 6) is 0. The Balaban J connectivity index is 3.36. The van der Waals surface area contributed by atoms with Gasteiger partial charge in [-0.15, -0.1) is 0 Å². The first-order valence-electron chi connectivity index (χ1n) is 2.11. The zero-order valence-corrected chi connectivity index (χ0v) is 5.63. The Labute approximate surface area is 53.2 Å². The molecular formula is C4H8Cl2O. The van der Waals surface area contributed by atoms with Crippen molar-refractivity contribution in [3.05, 3.63) is 0 Å². The van der Waals surface area contributed by atoms with Gasteiger partial charge in [0, 0.05) is 0 Å². The molecule has 3 heteroatoms. The molecule has 7 heavy (non-hydrogen) atoms. The first-order chi connectivity index (χ1) is 3.12. The van der Waals surface area contributed by atoms with Gasteiger partial charge < -0.3 is 5.11 Å². The Morgan fingerprint density at radius 2 is 2.00 bits per heavy atom. The third-order valence-corrected chi connectivity index (χ3v) is 1.52. The van der Waals surface area contributed by atoms with Crippen LogP contribution in [0.25, 0.3) is 0 Å². The molecule has 0 aromatic heterocycles. The van der Waals surface area contributed by atoms with E-state index in [9.17, 15) is 0 Å². The number of hydrogen-bond acceptors (Lipinski definition) is 1. The molecule has 0 heterocycles. The molecule has 0 spiro atoms. The standard InChI is InChI=1S/C4H8Cl2O/c1-2-4(5,6)3-7/h7H,2-3H2,1H3. The molecule has 0 saturated carbocycles. The van der Waals surface area contributed by atoms with Crippen LogP contribution in [0.1, 0.15) is 13.3 Å². The lowest BCUT2D eigenvalue weighted by atomic mass is 10.3. The van der Waals surface area contributed by atoms with Gasteiger partial charge in [-0.2, -0.15) is 0 Å². The van der Waals surface area contributed by atoms with Crippen LogP contribution in [0, 0.1) is 0 Å². The van der Waals surface area contributed by atoms with Gasteiger partial charge in [-0.3, -0.25) is 0 Å². The Morgan fingerprint density at radius 1 is 1.57 bits per heavy atom. The predicted molar refractivity (Wildman–Crippen MR) is 31.8 cm³/mol. The molecule has 0 aromatic carbocycles. The van der Waals surface area contributed by atoms with Gasteiger partial charge in [-0.25, -0.2) is 0 Å². The van der Waals surface area contributed by atoms with Crippen molar-refractivity contribution in [2.24, 2.45) is 0 Å². The third kappa shape index (κ3) is 3.15. The van der Waals surface area contributed by atoms with Crippen molar-refractivity contribution in [2.75, 3.05) is 6.61 Å². The summed E-state index contributed by atoms with van der Waals surface area (Å²) in [4.78, 5) is 0. The summed E-state index contributed by atoms with van der Waals surface area (Å²) < 4.78 is -0.917. The van der Waals surface area contributed by atoms with Crippen LogP contribution in [-0.4, -0.2) is 16.0 Å². The molecule has 0 aliphatic carbocycles. The van der Waals surface area contributed by atoms with E-state index in [1.165, 1.54) is 0 Å². The summed E-state index contributed by atoms with van der Waals surface area (Å²) in [6.07, 6.45) is 0.576. The molecule has 0 radical (unpaired) electrons. The van der Waals surface area contributed by atoms with E-state index in [-0.39, 0.29) is 6.61 Å². The predicted octanol–water partition coefficient (Wildman–Crippen LogP) is 1.56. The average molecular weight is 143 g/mol. The summed E-state index contributed by atoms with van der Waals surface area (Å²) in [6, 6.07) is 0. The molecule has 0 amide bonds. The fraction of sp³-hybridized carbons (Fsp3) is 1.00. The van der Waals surface area contributed by atoms with Crippen molar-refractivity contribution in [2.45, 2.75) is 17.7 Å². The minimum Gasteiger partial charge on any atom is -0.393 e. The number of alkyl halides is 2. The maximum absolute atomic E-state index is 8.33. The van der Waals surface area contributed by atoms with Crippen molar-refractivity contribution in [3.63, 3.8) is 0 Å². The molecule has 1 nitrogen and oxygen atoms in total. The smallest absolute Gasteiger partial charge is 0.140 e. The van der Waals surface area contributed by atoms with Crippen molar-refractivity contribution in [1.29, 1.82) is 0 Å². The van der Waals surface area contributed by atoms with Crippen LogP contribution in [0.3, 0.4) is 0 Å². The zero-order valence-electron chi connectivity index (χ0n) is 4.12. The van der Waals surface area contributed by atoms with Crippen LogP contribution in [0.2, 0.25) is 0 Å². The van der Waals surface area contributed by atoms with Crippen molar-refractivity contribution < 1.29 is 5.11 Å². The van der Waals surface area contributed by atoms with E-state index in [1.807, 2.05) is 6.92 Å². The molecule has 0 saturated heterocycles. The van der Waals surface area contributed by atoms with Crippen molar-refractivity contribution in [3.8, 4) is 0 Å². The van der Waals surface area contributed by atoms with Crippen LogP contribution in [0.4, 0.5) is 0 Å². The number of halogens is 2. The Hall–Kier alpha value is 0.540. The molecule has 44 valence electrons. The minimum atomic E-state index is -0.917. The van der Waals surface area contributed by atoms with Gasteiger partial charge in [0.15, 0.2) is 0 Å². The largest absolute Gasteiger partial charge is 0.393 e. The topological polar surface area (TPSA) is 20.2 Å². The second-order valence-electron chi connectivity index (χ2n) is 1.37. The van der Waals surface area contributed by atoms with Gasteiger partial charge in [-0.05, 0) is 6.42 Å². The summed E-state index contributed by atoms with van der Waals surface area (Å²) in [7, 11) is 0. The van der Waals surface area contributed by atoms with Crippen LogP contribution >= 0.6 is 23.2 Å². The molecule has 0 bridgehead atoms. The molecule has 0 fully saturated rings. The fourth-order valence-corrected chi connectivity index (χ4v) is 0.112. The second kappa shape index (κ2) is 2.75. The first kappa shape index (κ1) is 7.54. The van der Waals surface area contributed by atoms with E-state index < -0.39 is 4.33 Å². The summed E-state index contributed by atoms with van der Waals surface area (Å²) in [5.41, 5.74) is 0. The number of rotatable bonds is 2. The van der Waals surface area contributed by atoms with Crippen molar-refractivity contribution in [1.82, 2.24) is 0 Å². The number of aliphatic hydroxyl groups is 1. The third-order valence-electron chi connectivity index (χ3n) is 0.749. The van der Waals surface area contributed by atoms with Crippen LogP contribution in [0.5, 0.6) is 0 Å². The highest BCUT2D eigenvalue weighted by atomic mass is 35.5. The lowest BCUT2D eigenvalue weighted by Gasteiger charge is -2.11. The van der Waals surface area contributed by atoms with E-state index in [2.05, 4.69) is 0 Å². The maximum Gasteiger partial charge on any atom is 0.140 e. The molecule has 0 aliphatic rings. The zero-order chi connectivity index (χ0) is 5.91. The molecule has 0 rings (SSSR count). The average Bonchev–Trinajstić information content (AvgIpc) is 1.68. The summed E-state index contributed by atoms with van der Waals surface area (Å²) >= 11 is 10.8. The van der Waals surface area contributed by atoms with E-state index in [4.69, 9.17) is 28.3 Å². The Bertz CT molecular complexity index is 47.7. The fourth-order valence-electron chi connectivity index (χ4n) is 0.112. The van der Waals surface area contributed by atoms with E-state index >= 15 is 0 Å². The highest BCUT2D eigenvalue weighted by Crippen LogP contribution is 2.22. The van der Waals surface area contributed by atoms with Gasteiger partial charge in [-0.1, -0.05) is 30.1 Å². The SMILES string of the molecule is CCC(Cl)(Cl)CO. The quantitative estimate of drug-likeness (QED) is 0.581. The summed E-state index contributed by atoms with van der Waals surface area (Å²) in [6.45, 7) is 1.64. The van der Waals surface area contributed by atoms with Gasteiger partial charge in [0.2, 0.25) is 0 Å². The molecule has 0 aliphatic heterocycles. The molecule has 1 N–H and O–H groups in total. The minimum absolute atomic E-state index is 0.174.